The van der Waals surface area contributed by atoms with Crippen molar-refractivity contribution >= 4 is 35.4 Å². The van der Waals surface area contributed by atoms with Crippen LogP contribution >= 0.6 is 23.2 Å². The molecule has 7 nitrogen and oxygen atoms in total. The summed E-state index contributed by atoms with van der Waals surface area (Å²) in [6, 6.07) is 12.9. The number of benzene rings is 2. The monoisotopic (exact) mass is 471 g/mol. The van der Waals surface area contributed by atoms with Gasteiger partial charge >= 0.3 is 0 Å². The maximum Gasteiger partial charge on any atom is 0.258 e. The van der Waals surface area contributed by atoms with E-state index in [-0.39, 0.29) is 23.7 Å². The third-order valence-electron chi connectivity index (χ3n) is 5.64. The molecule has 166 valence electrons. The first-order valence-electron chi connectivity index (χ1n) is 10.2. The van der Waals surface area contributed by atoms with E-state index in [9.17, 15) is 4.79 Å². The summed E-state index contributed by atoms with van der Waals surface area (Å²) in [5.41, 5.74) is 15.5. The largest absolute Gasteiger partial charge is 0.467 e. The number of carbonyl (C=O) groups is 1. The number of amides is 1. The molecule has 2 unspecified atom stereocenters. The smallest absolute Gasteiger partial charge is 0.258 e. The Morgan fingerprint density at radius 1 is 1.16 bits per heavy atom. The molecule has 0 bridgehead atoms. The first kappa shape index (κ1) is 22.3. The van der Waals surface area contributed by atoms with Crippen molar-refractivity contribution < 1.29 is 9.53 Å². The highest BCUT2D eigenvalue weighted by molar-refractivity contribution is 6.36. The minimum atomic E-state index is -0.498. The lowest BCUT2D eigenvalue weighted by Gasteiger charge is -2.20. The number of nitrogen functional groups attached to an aromatic ring is 1. The van der Waals surface area contributed by atoms with Gasteiger partial charge in [0.2, 0.25) is 6.41 Å². The second-order valence-electron chi connectivity index (χ2n) is 7.76. The number of carbonyl (C=O) groups excluding carboxylic acids is 1. The lowest BCUT2D eigenvalue weighted by atomic mass is 9.89. The van der Waals surface area contributed by atoms with Crippen LogP contribution in [-0.4, -0.2) is 40.4 Å². The van der Waals surface area contributed by atoms with E-state index in [1.807, 2.05) is 31.2 Å². The normalized spacial score (nSPS) is 19.1. The maximum atomic E-state index is 11.2. The number of halogens is 2. The molecule has 3 atom stereocenters. The van der Waals surface area contributed by atoms with Crippen LogP contribution in [0.25, 0.3) is 11.3 Å². The number of nitrogens with two attached hydrogens (primary N) is 2. The zero-order valence-corrected chi connectivity index (χ0v) is 18.9. The first-order chi connectivity index (χ1) is 15.4. The van der Waals surface area contributed by atoms with Crippen molar-refractivity contribution in [1.29, 1.82) is 0 Å². The third kappa shape index (κ3) is 4.37. The van der Waals surface area contributed by atoms with Crippen molar-refractivity contribution in [2.75, 3.05) is 18.8 Å². The molecule has 3 aromatic rings. The van der Waals surface area contributed by atoms with Gasteiger partial charge in [-0.05, 0) is 24.6 Å². The average Bonchev–Trinajstić information content (AvgIpc) is 3.16. The van der Waals surface area contributed by atoms with Crippen molar-refractivity contribution in [3.63, 3.8) is 0 Å². The molecule has 2 aromatic carbocycles. The molecule has 4 rings (SSSR count). The van der Waals surface area contributed by atoms with E-state index in [0.717, 1.165) is 17.5 Å². The summed E-state index contributed by atoms with van der Waals surface area (Å²) in [5, 5.41) is 0.987. The second-order valence-corrected chi connectivity index (χ2v) is 8.57. The van der Waals surface area contributed by atoms with Crippen LogP contribution in [0.2, 0.25) is 10.0 Å². The lowest BCUT2D eigenvalue weighted by molar-refractivity contribution is -0.117. The standard InChI is InChI=1S/C23H23Cl2N5O2/c1-13(21-17(24)7-4-8-18(21)25)32-23-22(27)28-9-20(29-23)15-6-3-2-5-14(15)16-10-30(12-31)11-19(16)26/h2-9,12-13,16,19H,10-11,26H2,1H3,(H2,27,28)/t13?,16?,19-/m0/s1. The summed E-state index contributed by atoms with van der Waals surface area (Å²) in [6.45, 7) is 2.89. The highest BCUT2D eigenvalue weighted by atomic mass is 35.5. The van der Waals surface area contributed by atoms with Gasteiger partial charge in [0.15, 0.2) is 5.82 Å². The van der Waals surface area contributed by atoms with Gasteiger partial charge in [0.25, 0.3) is 5.88 Å². The molecule has 1 aliphatic heterocycles. The summed E-state index contributed by atoms with van der Waals surface area (Å²) < 4.78 is 6.03. The predicted molar refractivity (Wildman–Crippen MR) is 126 cm³/mol. The Balaban J connectivity index is 1.68. The van der Waals surface area contributed by atoms with Crippen LogP contribution in [0, 0.1) is 0 Å². The number of aromatic nitrogens is 2. The van der Waals surface area contributed by atoms with Gasteiger partial charge in [-0.25, -0.2) is 9.97 Å². The van der Waals surface area contributed by atoms with Gasteiger partial charge in [-0.1, -0.05) is 53.5 Å². The Kier molecular flexibility index (Phi) is 6.50. The van der Waals surface area contributed by atoms with E-state index in [2.05, 4.69) is 9.97 Å². The SMILES string of the molecule is CC(Oc1nc(-c2ccccc2C2CN(C=O)C[C@@H]2N)cnc1N)c1c(Cl)cccc1Cl. The van der Waals surface area contributed by atoms with Gasteiger partial charge in [0, 0.05) is 46.2 Å². The van der Waals surface area contributed by atoms with E-state index in [0.29, 0.717) is 34.4 Å². The number of rotatable bonds is 6. The van der Waals surface area contributed by atoms with Crippen molar-refractivity contribution in [1.82, 2.24) is 14.9 Å². The fraction of sp³-hybridized carbons (Fsp3) is 0.261. The highest BCUT2D eigenvalue weighted by Crippen LogP contribution is 2.36. The highest BCUT2D eigenvalue weighted by Gasteiger charge is 2.32. The predicted octanol–water partition coefficient (Wildman–Crippen LogP) is 4.06. The Morgan fingerprint density at radius 2 is 1.88 bits per heavy atom. The fourth-order valence-electron chi connectivity index (χ4n) is 4.05. The summed E-state index contributed by atoms with van der Waals surface area (Å²) in [4.78, 5) is 21.9. The van der Waals surface area contributed by atoms with Crippen LogP contribution in [0.3, 0.4) is 0 Å². The average molecular weight is 472 g/mol. The van der Waals surface area contributed by atoms with Gasteiger partial charge in [0.05, 0.1) is 11.9 Å². The van der Waals surface area contributed by atoms with Crippen molar-refractivity contribution in [2.45, 2.75) is 25.0 Å². The molecule has 4 N–H and O–H groups in total. The summed E-state index contributed by atoms with van der Waals surface area (Å²) in [6.07, 6.45) is 1.94. The van der Waals surface area contributed by atoms with Gasteiger partial charge in [-0.2, -0.15) is 0 Å². The Hall–Kier alpha value is -2.87. The summed E-state index contributed by atoms with van der Waals surface area (Å²) in [5.74, 6) is 0.331. The Bertz CT molecular complexity index is 1120. The summed E-state index contributed by atoms with van der Waals surface area (Å²) in [7, 11) is 0. The van der Waals surface area contributed by atoms with E-state index >= 15 is 0 Å². The molecule has 9 heteroatoms. The molecular formula is C23H23Cl2N5O2. The molecule has 2 heterocycles. The molecule has 32 heavy (non-hydrogen) atoms. The van der Waals surface area contributed by atoms with Crippen LogP contribution in [0.5, 0.6) is 5.88 Å². The van der Waals surface area contributed by atoms with Gasteiger partial charge in [-0.3, -0.25) is 4.79 Å². The zero-order valence-electron chi connectivity index (χ0n) is 17.4. The van der Waals surface area contributed by atoms with E-state index < -0.39 is 6.10 Å². The van der Waals surface area contributed by atoms with Crippen molar-refractivity contribution in [3.8, 4) is 17.1 Å². The topological polar surface area (TPSA) is 107 Å². The molecular weight excluding hydrogens is 449 g/mol. The van der Waals surface area contributed by atoms with Crippen LogP contribution in [0.4, 0.5) is 5.82 Å². The van der Waals surface area contributed by atoms with Gasteiger partial charge in [-0.15, -0.1) is 0 Å². The maximum absolute atomic E-state index is 11.2. The van der Waals surface area contributed by atoms with Crippen molar-refractivity contribution in [2.24, 2.45) is 5.73 Å². The zero-order chi connectivity index (χ0) is 22.8. The van der Waals surface area contributed by atoms with E-state index in [1.165, 1.54) is 0 Å². The van der Waals surface area contributed by atoms with E-state index in [1.54, 1.807) is 29.3 Å². The second kappa shape index (κ2) is 9.32. The molecule has 1 aliphatic rings. The van der Waals surface area contributed by atoms with Crippen LogP contribution in [0.15, 0.2) is 48.7 Å². The quantitative estimate of drug-likeness (QED) is 0.524. The van der Waals surface area contributed by atoms with Crippen LogP contribution in [0.1, 0.15) is 30.1 Å². The number of anilines is 1. The fourth-order valence-corrected chi connectivity index (χ4v) is 4.76. The Labute approximate surface area is 196 Å². The van der Waals surface area contributed by atoms with Crippen LogP contribution in [-0.2, 0) is 4.79 Å². The number of likely N-dealkylation sites (tertiary alicyclic amines) is 1. The lowest BCUT2D eigenvalue weighted by Crippen LogP contribution is -2.28. The molecule has 1 aromatic heterocycles. The van der Waals surface area contributed by atoms with Gasteiger partial charge < -0.3 is 21.1 Å². The minimum Gasteiger partial charge on any atom is -0.467 e. The molecule has 0 spiro atoms. The van der Waals surface area contributed by atoms with E-state index in [4.69, 9.17) is 39.4 Å². The molecule has 0 aliphatic carbocycles. The minimum absolute atomic E-state index is 0.0130. The molecule has 1 saturated heterocycles. The number of hydrogen-bond acceptors (Lipinski definition) is 6. The van der Waals surface area contributed by atoms with Gasteiger partial charge in [0.1, 0.15) is 6.10 Å². The summed E-state index contributed by atoms with van der Waals surface area (Å²) >= 11 is 12.6. The third-order valence-corrected chi connectivity index (χ3v) is 6.30. The number of hydrogen-bond donors (Lipinski definition) is 2. The molecule has 0 saturated carbocycles. The van der Waals surface area contributed by atoms with Crippen molar-refractivity contribution in [3.05, 3.63) is 69.8 Å². The molecule has 0 radical (unpaired) electrons. The number of nitrogens with zero attached hydrogens (tertiary/aromatic N) is 3. The molecule has 1 fully saturated rings. The molecule has 1 amide bonds. The van der Waals surface area contributed by atoms with Crippen LogP contribution < -0.4 is 16.2 Å². The first-order valence-corrected chi connectivity index (χ1v) is 10.9. The number of ether oxygens (including phenoxy) is 1. The Morgan fingerprint density at radius 3 is 2.56 bits per heavy atom.